The summed E-state index contributed by atoms with van der Waals surface area (Å²) in [4.78, 5) is 15.9. The van der Waals surface area contributed by atoms with E-state index in [2.05, 4.69) is 92.0 Å². The third-order valence-corrected chi connectivity index (χ3v) is 5.50. The first-order valence-corrected chi connectivity index (χ1v) is 9.58. The summed E-state index contributed by atoms with van der Waals surface area (Å²) in [5.74, 6) is 0.758. The van der Waals surface area contributed by atoms with Crippen LogP contribution in [0.1, 0.15) is 5.56 Å². The van der Waals surface area contributed by atoms with Crippen molar-refractivity contribution in [2.24, 2.45) is 0 Å². The predicted molar refractivity (Wildman–Crippen MR) is 118 cm³/mol. The van der Waals surface area contributed by atoms with E-state index in [1.807, 2.05) is 0 Å². The van der Waals surface area contributed by atoms with Crippen molar-refractivity contribution < 1.29 is 0 Å². The summed E-state index contributed by atoms with van der Waals surface area (Å²) in [6.45, 7) is 0.653. The Morgan fingerprint density at radius 1 is 0.759 bits per heavy atom. The Labute approximate surface area is 166 Å². The van der Waals surface area contributed by atoms with Crippen LogP contribution in [-0.4, -0.2) is 19.9 Å². The smallest absolute Gasteiger partial charge is 0.182 e. The predicted octanol–water partition coefficient (Wildman–Crippen LogP) is 5.42. The molecule has 6 rings (SSSR count). The number of aromatic amines is 1. The minimum Gasteiger partial charge on any atom is -0.364 e. The fourth-order valence-electron chi connectivity index (χ4n) is 4.19. The normalized spacial score (nSPS) is 11.6. The SMILES string of the molecule is c1ccc2c(c1)cc(CNc1ncnc3nc[nH]c13)c1c3ccccc3ccc21. The molecule has 0 amide bonds. The quantitative estimate of drug-likeness (QED) is 0.405. The number of hydrogen-bond acceptors (Lipinski definition) is 4. The van der Waals surface area contributed by atoms with Gasteiger partial charge in [-0.2, -0.15) is 0 Å². The highest BCUT2D eigenvalue weighted by Crippen LogP contribution is 2.34. The molecule has 29 heavy (non-hydrogen) atoms. The van der Waals surface area contributed by atoms with Crippen LogP contribution in [-0.2, 0) is 6.54 Å². The van der Waals surface area contributed by atoms with Gasteiger partial charge in [0, 0.05) is 6.54 Å². The van der Waals surface area contributed by atoms with Crippen LogP contribution in [0.5, 0.6) is 0 Å². The molecular formula is C24H17N5. The van der Waals surface area contributed by atoms with Crippen molar-refractivity contribution in [1.29, 1.82) is 0 Å². The van der Waals surface area contributed by atoms with Gasteiger partial charge in [0.1, 0.15) is 11.8 Å². The molecule has 0 aliphatic rings. The topological polar surface area (TPSA) is 66.5 Å². The van der Waals surface area contributed by atoms with Gasteiger partial charge in [-0.15, -0.1) is 0 Å². The average Bonchev–Trinajstić information content (AvgIpc) is 3.26. The van der Waals surface area contributed by atoms with Gasteiger partial charge in [-0.05, 0) is 43.9 Å². The first kappa shape index (κ1) is 16.0. The van der Waals surface area contributed by atoms with Crippen molar-refractivity contribution in [3.05, 3.63) is 84.9 Å². The van der Waals surface area contributed by atoms with E-state index < -0.39 is 0 Å². The van der Waals surface area contributed by atoms with E-state index in [1.54, 1.807) is 12.7 Å². The molecule has 0 atom stereocenters. The lowest BCUT2D eigenvalue weighted by Crippen LogP contribution is -2.03. The van der Waals surface area contributed by atoms with Crippen LogP contribution in [0, 0.1) is 0 Å². The van der Waals surface area contributed by atoms with Crippen LogP contribution in [0.3, 0.4) is 0 Å². The van der Waals surface area contributed by atoms with Crippen molar-refractivity contribution >= 4 is 49.3 Å². The minimum absolute atomic E-state index is 0.653. The van der Waals surface area contributed by atoms with Crippen molar-refractivity contribution in [3.8, 4) is 0 Å². The number of anilines is 1. The maximum Gasteiger partial charge on any atom is 0.182 e. The summed E-state index contributed by atoms with van der Waals surface area (Å²) in [5, 5.41) is 11.1. The highest BCUT2D eigenvalue weighted by molar-refractivity contribution is 6.18. The highest BCUT2D eigenvalue weighted by atomic mass is 15.1. The minimum atomic E-state index is 0.653. The number of hydrogen-bond donors (Lipinski definition) is 2. The zero-order chi connectivity index (χ0) is 19.2. The fraction of sp³-hybridized carbons (Fsp3) is 0.0417. The van der Waals surface area contributed by atoms with Gasteiger partial charge in [0.05, 0.1) is 6.33 Å². The molecule has 5 heteroatoms. The molecule has 0 aliphatic heterocycles. The zero-order valence-electron chi connectivity index (χ0n) is 15.6. The van der Waals surface area contributed by atoms with Gasteiger partial charge in [0.15, 0.2) is 11.5 Å². The molecule has 0 saturated heterocycles. The van der Waals surface area contributed by atoms with Gasteiger partial charge in [-0.1, -0.05) is 60.7 Å². The summed E-state index contributed by atoms with van der Waals surface area (Å²) < 4.78 is 0. The maximum atomic E-state index is 4.41. The van der Waals surface area contributed by atoms with Crippen molar-refractivity contribution in [2.45, 2.75) is 6.54 Å². The Hall–Kier alpha value is -3.99. The standard InChI is InChI=1S/C24H17N5/c1-4-8-19-15(5-1)9-10-20-18-7-3-2-6-16(18)11-17(21(19)20)12-25-23-22-24(27-13-26-22)29-14-28-23/h1-11,13-14H,12H2,(H2,25,26,27,28,29). The lowest BCUT2D eigenvalue weighted by atomic mass is 9.93. The molecule has 0 spiro atoms. The molecule has 0 aliphatic carbocycles. The average molecular weight is 375 g/mol. The molecule has 0 bridgehead atoms. The number of imidazole rings is 1. The molecule has 2 heterocycles. The fourth-order valence-corrected chi connectivity index (χ4v) is 4.19. The van der Waals surface area contributed by atoms with E-state index in [0.29, 0.717) is 12.2 Å². The monoisotopic (exact) mass is 375 g/mol. The molecule has 0 radical (unpaired) electrons. The molecule has 6 aromatic rings. The number of benzene rings is 4. The van der Waals surface area contributed by atoms with Gasteiger partial charge in [-0.25, -0.2) is 15.0 Å². The van der Waals surface area contributed by atoms with Gasteiger partial charge in [0.2, 0.25) is 0 Å². The van der Waals surface area contributed by atoms with Crippen molar-refractivity contribution in [2.75, 3.05) is 5.32 Å². The van der Waals surface area contributed by atoms with Crippen LogP contribution < -0.4 is 5.32 Å². The third-order valence-electron chi connectivity index (χ3n) is 5.50. The Morgan fingerprint density at radius 2 is 1.59 bits per heavy atom. The van der Waals surface area contributed by atoms with Gasteiger partial charge in [0.25, 0.3) is 0 Å². The Bertz CT molecular complexity index is 1520. The van der Waals surface area contributed by atoms with Crippen LogP contribution >= 0.6 is 0 Å². The number of nitrogens with one attached hydrogen (secondary N) is 2. The second kappa shape index (κ2) is 6.27. The highest BCUT2D eigenvalue weighted by Gasteiger charge is 2.11. The summed E-state index contributed by atoms with van der Waals surface area (Å²) in [7, 11) is 0. The number of H-pyrrole nitrogens is 1. The van der Waals surface area contributed by atoms with E-state index in [9.17, 15) is 0 Å². The second-order valence-corrected chi connectivity index (χ2v) is 7.14. The summed E-state index contributed by atoms with van der Waals surface area (Å²) in [6.07, 6.45) is 3.18. The van der Waals surface area contributed by atoms with Crippen molar-refractivity contribution in [3.63, 3.8) is 0 Å². The second-order valence-electron chi connectivity index (χ2n) is 7.14. The van der Waals surface area contributed by atoms with Crippen molar-refractivity contribution in [1.82, 2.24) is 19.9 Å². The summed E-state index contributed by atoms with van der Waals surface area (Å²) >= 11 is 0. The molecule has 2 aromatic heterocycles. The van der Waals surface area contributed by atoms with E-state index in [0.717, 1.165) is 11.3 Å². The van der Waals surface area contributed by atoms with Crippen LogP contribution in [0.2, 0.25) is 0 Å². The van der Waals surface area contributed by atoms with E-state index in [1.165, 1.54) is 37.9 Å². The van der Waals surface area contributed by atoms with E-state index >= 15 is 0 Å². The van der Waals surface area contributed by atoms with E-state index in [4.69, 9.17) is 0 Å². The molecular weight excluding hydrogens is 358 g/mol. The molecule has 4 aromatic carbocycles. The summed E-state index contributed by atoms with van der Waals surface area (Å²) in [6, 6.07) is 23.8. The van der Waals surface area contributed by atoms with Gasteiger partial charge >= 0.3 is 0 Å². The lowest BCUT2D eigenvalue weighted by Gasteiger charge is -2.14. The lowest BCUT2D eigenvalue weighted by molar-refractivity contribution is 1.11. The van der Waals surface area contributed by atoms with Crippen LogP contribution in [0.25, 0.3) is 43.5 Å². The Balaban J connectivity index is 1.57. The molecule has 0 saturated carbocycles. The number of rotatable bonds is 3. The first-order chi connectivity index (χ1) is 14.4. The third kappa shape index (κ3) is 2.51. The molecule has 0 fully saturated rings. The van der Waals surface area contributed by atoms with Gasteiger partial charge in [-0.3, -0.25) is 0 Å². The Kier molecular flexibility index (Phi) is 3.46. The van der Waals surface area contributed by atoms with Gasteiger partial charge < -0.3 is 10.3 Å². The molecule has 0 unspecified atom stereocenters. The molecule has 2 N–H and O–H groups in total. The molecule has 138 valence electrons. The maximum absolute atomic E-state index is 4.41. The van der Waals surface area contributed by atoms with E-state index in [-0.39, 0.29) is 0 Å². The number of aromatic nitrogens is 4. The number of nitrogens with zero attached hydrogens (tertiary/aromatic N) is 3. The largest absolute Gasteiger partial charge is 0.364 e. The number of fused-ring (bicyclic) bond motifs is 6. The van der Waals surface area contributed by atoms with Crippen LogP contribution in [0.15, 0.2) is 79.4 Å². The first-order valence-electron chi connectivity index (χ1n) is 9.58. The zero-order valence-corrected chi connectivity index (χ0v) is 15.6. The summed E-state index contributed by atoms with van der Waals surface area (Å²) in [5.41, 5.74) is 2.72. The molecule has 5 nitrogen and oxygen atoms in total. The van der Waals surface area contributed by atoms with Crippen LogP contribution in [0.4, 0.5) is 5.82 Å². The Morgan fingerprint density at radius 3 is 2.52 bits per heavy atom.